The normalized spacial score (nSPS) is 23.5. The Morgan fingerprint density at radius 2 is 2.04 bits per heavy atom. The molecular formula is C20H30N2O3. The third-order valence-electron chi connectivity index (χ3n) is 5.33. The minimum atomic E-state index is -0.367. The van der Waals surface area contributed by atoms with Crippen molar-refractivity contribution in [3.63, 3.8) is 0 Å². The maximum absolute atomic E-state index is 12.7. The van der Waals surface area contributed by atoms with Gasteiger partial charge < -0.3 is 20.1 Å². The highest BCUT2D eigenvalue weighted by Gasteiger charge is 2.42. The van der Waals surface area contributed by atoms with E-state index in [0.29, 0.717) is 32.2 Å². The van der Waals surface area contributed by atoms with E-state index >= 15 is 0 Å². The fourth-order valence-electron chi connectivity index (χ4n) is 4.13. The van der Waals surface area contributed by atoms with Gasteiger partial charge in [-0.15, -0.1) is 0 Å². The lowest BCUT2D eigenvalue weighted by atomic mass is 9.79. The first kappa shape index (κ1) is 18.4. The maximum atomic E-state index is 12.7. The molecule has 5 heteroatoms. The zero-order valence-electron chi connectivity index (χ0n) is 15.1. The lowest BCUT2D eigenvalue weighted by molar-refractivity contribution is -0.188. The topological polar surface area (TPSA) is 59.6 Å². The third kappa shape index (κ3) is 5.03. The van der Waals surface area contributed by atoms with Crippen LogP contribution in [0.15, 0.2) is 30.3 Å². The van der Waals surface area contributed by atoms with E-state index in [1.807, 2.05) is 37.4 Å². The van der Waals surface area contributed by atoms with Crippen molar-refractivity contribution in [1.29, 1.82) is 0 Å². The summed E-state index contributed by atoms with van der Waals surface area (Å²) in [6.07, 6.45) is 5.05. The first-order valence-corrected chi connectivity index (χ1v) is 9.45. The second-order valence-electron chi connectivity index (χ2n) is 7.26. The lowest BCUT2D eigenvalue weighted by Crippen LogP contribution is -2.40. The molecule has 1 saturated heterocycles. The average molecular weight is 346 g/mol. The van der Waals surface area contributed by atoms with Gasteiger partial charge in [0.1, 0.15) is 0 Å². The molecule has 5 nitrogen and oxygen atoms in total. The molecule has 0 unspecified atom stereocenters. The third-order valence-corrected chi connectivity index (χ3v) is 5.33. The summed E-state index contributed by atoms with van der Waals surface area (Å²) in [6.45, 7) is 2.68. The van der Waals surface area contributed by atoms with Crippen molar-refractivity contribution in [2.75, 3.05) is 26.8 Å². The summed E-state index contributed by atoms with van der Waals surface area (Å²) in [5, 5.41) is 6.27. The van der Waals surface area contributed by atoms with Gasteiger partial charge in [-0.25, -0.2) is 0 Å². The molecule has 3 rings (SSSR count). The van der Waals surface area contributed by atoms with E-state index in [1.54, 1.807) is 0 Å². The molecule has 1 heterocycles. The van der Waals surface area contributed by atoms with E-state index in [1.165, 1.54) is 0 Å². The van der Waals surface area contributed by atoms with Crippen LogP contribution in [0.4, 0.5) is 0 Å². The minimum absolute atomic E-state index is 0.0183. The van der Waals surface area contributed by atoms with Gasteiger partial charge in [-0.2, -0.15) is 0 Å². The monoisotopic (exact) mass is 346 g/mol. The molecular weight excluding hydrogens is 316 g/mol. The Hall–Kier alpha value is -1.43. The van der Waals surface area contributed by atoms with Crippen molar-refractivity contribution < 1.29 is 14.3 Å². The Bertz CT molecular complexity index is 543. The van der Waals surface area contributed by atoms with Crippen molar-refractivity contribution in [2.45, 2.75) is 44.4 Å². The molecule has 2 aliphatic rings. The highest BCUT2D eigenvalue weighted by Crippen LogP contribution is 2.40. The number of hydrogen-bond donors (Lipinski definition) is 2. The van der Waals surface area contributed by atoms with Crippen molar-refractivity contribution in [2.24, 2.45) is 11.8 Å². The van der Waals surface area contributed by atoms with Crippen LogP contribution in [-0.4, -0.2) is 38.5 Å². The molecule has 25 heavy (non-hydrogen) atoms. The summed E-state index contributed by atoms with van der Waals surface area (Å²) in [5.41, 5.74) is 1.13. The van der Waals surface area contributed by atoms with Crippen molar-refractivity contribution in [3.05, 3.63) is 35.9 Å². The van der Waals surface area contributed by atoms with Crippen LogP contribution in [0.1, 0.15) is 37.7 Å². The minimum Gasteiger partial charge on any atom is -0.352 e. The molecule has 1 saturated carbocycles. The number of carbonyl (C=O) groups is 1. The van der Waals surface area contributed by atoms with E-state index in [9.17, 15) is 4.79 Å². The van der Waals surface area contributed by atoms with Crippen LogP contribution in [0, 0.1) is 11.8 Å². The van der Waals surface area contributed by atoms with Gasteiger partial charge in [0.25, 0.3) is 0 Å². The molecule has 138 valence electrons. The van der Waals surface area contributed by atoms with Crippen LogP contribution in [0.2, 0.25) is 0 Å². The highest BCUT2D eigenvalue weighted by atomic mass is 16.7. The summed E-state index contributed by atoms with van der Waals surface area (Å²) in [4.78, 5) is 12.7. The summed E-state index contributed by atoms with van der Waals surface area (Å²) in [5.74, 6) is 0.224. The average Bonchev–Trinajstić information content (AvgIpc) is 3.08. The van der Waals surface area contributed by atoms with Gasteiger partial charge in [-0.05, 0) is 31.4 Å². The molecule has 1 spiro atoms. The Labute approximate surface area is 150 Å². The molecule has 2 fully saturated rings. The summed E-state index contributed by atoms with van der Waals surface area (Å²) in [7, 11) is 1.91. The number of amides is 1. The number of rotatable bonds is 7. The predicted molar refractivity (Wildman–Crippen MR) is 96.9 cm³/mol. The molecule has 2 atom stereocenters. The molecule has 1 aromatic carbocycles. The highest BCUT2D eigenvalue weighted by molar-refractivity contribution is 5.78. The Balaban J connectivity index is 1.53. The Morgan fingerprint density at radius 1 is 1.28 bits per heavy atom. The van der Waals surface area contributed by atoms with Gasteiger partial charge in [0.2, 0.25) is 5.91 Å². The smallest absolute Gasteiger partial charge is 0.224 e. The van der Waals surface area contributed by atoms with Crippen LogP contribution in [0.3, 0.4) is 0 Å². The Morgan fingerprint density at radius 3 is 2.76 bits per heavy atom. The molecule has 2 N–H and O–H groups in total. The fourth-order valence-corrected chi connectivity index (χ4v) is 4.13. The first-order chi connectivity index (χ1) is 12.2. The van der Waals surface area contributed by atoms with Crippen molar-refractivity contribution in [1.82, 2.24) is 10.6 Å². The number of carbonyl (C=O) groups excluding carboxylic acids is 1. The molecule has 0 aromatic heterocycles. The number of nitrogens with one attached hydrogen (secondary N) is 2. The van der Waals surface area contributed by atoms with E-state index in [4.69, 9.17) is 9.47 Å². The van der Waals surface area contributed by atoms with Gasteiger partial charge in [-0.3, -0.25) is 4.79 Å². The zero-order chi connectivity index (χ0) is 17.5. The largest absolute Gasteiger partial charge is 0.352 e. The summed E-state index contributed by atoms with van der Waals surface area (Å²) >= 11 is 0. The molecule has 0 radical (unpaired) electrons. The Kier molecular flexibility index (Phi) is 6.45. The fraction of sp³-hybridized carbons (Fsp3) is 0.650. The van der Waals surface area contributed by atoms with Crippen LogP contribution in [0.5, 0.6) is 0 Å². The first-order valence-electron chi connectivity index (χ1n) is 9.45. The van der Waals surface area contributed by atoms with Crippen molar-refractivity contribution in [3.8, 4) is 0 Å². The van der Waals surface area contributed by atoms with Crippen LogP contribution < -0.4 is 10.6 Å². The van der Waals surface area contributed by atoms with Gasteiger partial charge in [0, 0.05) is 25.9 Å². The standard InChI is InChI=1S/C20H30N2O3/c1-21-15-18(19(23)22-14-16-6-3-2-4-7-16)12-17-8-5-9-20(13-17)24-10-11-25-20/h2-4,6-7,17-18,21H,5,8-15H2,1H3,(H,22,23)/t17-,18-/m1/s1. The van der Waals surface area contributed by atoms with E-state index in [-0.39, 0.29) is 17.6 Å². The second-order valence-corrected chi connectivity index (χ2v) is 7.26. The maximum Gasteiger partial charge on any atom is 0.224 e. The van der Waals surface area contributed by atoms with Crippen LogP contribution in [0.25, 0.3) is 0 Å². The van der Waals surface area contributed by atoms with E-state index in [0.717, 1.165) is 37.7 Å². The van der Waals surface area contributed by atoms with Crippen LogP contribution in [-0.2, 0) is 20.8 Å². The number of hydrogen-bond acceptors (Lipinski definition) is 4. The second kappa shape index (κ2) is 8.79. The number of ether oxygens (including phenoxy) is 2. The van der Waals surface area contributed by atoms with E-state index < -0.39 is 0 Å². The molecule has 1 aliphatic heterocycles. The predicted octanol–water partition coefficient (Wildman–Crippen LogP) is 2.46. The summed E-state index contributed by atoms with van der Waals surface area (Å²) in [6, 6.07) is 10.0. The quantitative estimate of drug-likeness (QED) is 0.796. The summed E-state index contributed by atoms with van der Waals surface area (Å²) < 4.78 is 11.8. The molecule has 1 amide bonds. The van der Waals surface area contributed by atoms with Gasteiger partial charge in [-0.1, -0.05) is 36.8 Å². The SMILES string of the molecule is CNC[C@@H](C[C@H]1CCCC2(C1)OCCO2)C(=O)NCc1ccccc1. The lowest BCUT2D eigenvalue weighted by Gasteiger charge is -2.37. The van der Waals surface area contributed by atoms with Crippen LogP contribution >= 0.6 is 0 Å². The van der Waals surface area contributed by atoms with Gasteiger partial charge >= 0.3 is 0 Å². The zero-order valence-corrected chi connectivity index (χ0v) is 15.1. The molecule has 1 aliphatic carbocycles. The van der Waals surface area contributed by atoms with Gasteiger partial charge in [0.15, 0.2) is 5.79 Å². The van der Waals surface area contributed by atoms with E-state index in [2.05, 4.69) is 10.6 Å². The van der Waals surface area contributed by atoms with Gasteiger partial charge in [0.05, 0.1) is 19.1 Å². The molecule has 0 bridgehead atoms. The van der Waals surface area contributed by atoms with Crippen molar-refractivity contribution >= 4 is 5.91 Å². The molecule has 1 aromatic rings. The number of benzene rings is 1.